The number of nitrogens with two attached hydrogens (primary N) is 1. The molecule has 2 aromatic carbocycles. The Kier molecular flexibility index (Phi) is 8.04. The molecule has 36 heavy (non-hydrogen) atoms. The number of carbonyl (C=O) groups excluding carboxylic acids is 1. The quantitative estimate of drug-likeness (QED) is 0.207. The van der Waals surface area contributed by atoms with Gasteiger partial charge in [0.05, 0.1) is 18.8 Å². The Labute approximate surface area is 216 Å². The van der Waals surface area contributed by atoms with Crippen LogP contribution in [0.4, 0.5) is 5.69 Å². The Hall–Kier alpha value is -2.85. The molecule has 0 radical (unpaired) electrons. The van der Waals surface area contributed by atoms with Gasteiger partial charge in [0.1, 0.15) is 17.3 Å². The van der Waals surface area contributed by atoms with Crippen molar-refractivity contribution in [1.29, 1.82) is 5.41 Å². The van der Waals surface area contributed by atoms with Gasteiger partial charge in [-0.05, 0) is 48.1 Å². The average molecular weight is 516 g/mol. The van der Waals surface area contributed by atoms with Gasteiger partial charge in [-0.1, -0.05) is 31.5 Å². The molecule has 194 valence electrons. The van der Waals surface area contributed by atoms with Crippen LogP contribution in [-0.2, 0) is 16.1 Å². The molecule has 1 saturated heterocycles. The van der Waals surface area contributed by atoms with Gasteiger partial charge >= 0.3 is 0 Å². The second-order valence-corrected chi connectivity index (χ2v) is 10.1. The highest BCUT2D eigenvalue weighted by molar-refractivity contribution is 6.31. The number of halogens is 1. The summed E-state index contributed by atoms with van der Waals surface area (Å²) in [4.78, 5) is 16.6. The minimum Gasteiger partial charge on any atom is -0.508 e. The normalized spacial score (nSPS) is 17.1. The highest BCUT2D eigenvalue weighted by Gasteiger charge is 2.32. The van der Waals surface area contributed by atoms with E-state index in [1.165, 1.54) is 11.0 Å². The van der Waals surface area contributed by atoms with Crippen molar-refractivity contribution in [1.82, 2.24) is 10.2 Å². The zero-order chi connectivity index (χ0) is 26.0. The summed E-state index contributed by atoms with van der Waals surface area (Å²) in [6, 6.07) is 8.21. The third kappa shape index (κ3) is 5.92. The first-order valence-corrected chi connectivity index (χ1v) is 12.6. The minimum absolute atomic E-state index is 0.0497. The van der Waals surface area contributed by atoms with Crippen molar-refractivity contribution in [3.05, 3.63) is 52.0 Å². The Morgan fingerprint density at radius 2 is 1.92 bits per heavy atom. The van der Waals surface area contributed by atoms with Gasteiger partial charge in [0, 0.05) is 42.5 Å². The summed E-state index contributed by atoms with van der Waals surface area (Å²) in [7, 11) is 0. The number of nitrogens with zero attached hydrogens (tertiary/aromatic N) is 2. The van der Waals surface area contributed by atoms with Gasteiger partial charge in [0.25, 0.3) is 5.91 Å². The largest absolute Gasteiger partial charge is 0.508 e. The number of aromatic hydroxyl groups is 2. The zero-order valence-corrected chi connectivity index (χ0v) is 21.4. The van der Waals surface area contributed by atoms with E-state index in [1.807, 2.05) is 19.9 Å². The van der Waals surface area contributed by atoms with Crippen molar-refractivity contribution in [2.75, 3.05) is 31.2 Å². The van der Waals surface area contributed by atoms with Gasteiger partial charge < -0.3 is 30.9 Å². The standard InChI is InChI=1S/C26H34ClN5O4/c1-15(2)19-12-20(23(34)13-22(19)33)24(28)32(25(29)26(35)30-17-4-5-17)18-6-3-16(21(27)11-18)14-31-7-9-36-10-8-31/h3,6,11-13,15,17,25,28,33-34H,4-5,7-10,14,29H2,1-2H3,(H,30,35). The lowest BCUT2D eigenvalue weighted by Gasteiger charge is -2.32. The van der Waals surface area contributed by atoms with E-state index in [0.717, 1.165) is 31.5 Å². The first-order valence-electron chi connectivity index (χ1n) is 12.2. The van der Waals surface area contributed by atoms with Gasteiger partial charge in [-0.15, -0.1) is 0 Å². The lowest BCUT2D eigenvalue weighted by molar-refractivity contribution is -0.122. The van der Waals surface area contributed by atoms with Crippen molar-refractivity contribution in [3.63, 3.8) is 0 Å². The Bertz CT molecular complexity index is 1130. The molecule has 1 saturated carbocycles. The molecule has 1 aliphatic carbocycles. The smallest absolute Gasteiger partial charge is 0.258 e. The van der Waals surface area contributed by atoms with Crippen LogP contribution in [0.15, 0.2) is 30.3 Å². The molecule has 10 heteroatoms. The first kappa shape index (κ1) is 26.2. The van der Waals surface area contributed by atoms with Gasteiger partial charge in [-0.3, -0.25) is 15.1 Å². The Morgan fingerprint density at radius 3 is 2.53 bits per heavy atom. The van der Waals surface area contributed by atoms with Gasteiger partial charge in [-0.25, -0.2) is 0 Å². The molecule has 4 rings (SSSR count). The molecule has 1 atom stereocenters. The number of morpholine rings is 1. The molecule has 0 aromatic heterocycles. The number of hydrogen-bond donors (Lipinski definition) is 5. The van der Waals surface area contributed by atoms with E-state index in [-0.39, 0.29) is 34.9 Å². The molecule has 1 aliphatic heterocycles. The molecule has 2 fully saturated rings. The fourth-order valence-electron chi connectivity index (χ4n) is 4.25. The first-order chi connectivity index (χ1) is 17.2. The van der Waals surface area contributed by atoms with Crippen LogP contribution >= 0.6 is 11.6 Å². The molecule has 1 heterocycles. The molecule has 1 unspecified atom stereocenters. The minimum atomic E-state index is -1.23. The van der Waals surface area contributed by atoms with Crippen molar-refractivity contribution in [2.24, 2.45) is 5.73 Å². The van der Waals surface area contributed by atoms with Crippen molar-refractivity contribution >= 4 is 29.0 Å². The number of phenolic OH excluding ortho intramolecular Hbond substituents is 2. The fraction of sp³-hybridized carbons (Fsp3) is 0.462. The molecular weight excluding hydrogens is 482 g/mol. The number of hydrogen-bond acceptors (Lipinski definition) is 7. The zero-order valence-electron chi connectivity index (χ0n) is 20.6. The molecule has 2 aromatic rings. The second-order valence-electron chi connectivity index (χ2n) is 9.69. The molecular formula is C26H34ClN5O4. The third-order valence-electron chi connectivity index (χ3n) is 6.55. The SMILES string of the molecule is CC(C)c1cc(C(=N)N(c2ccc(CN3CCOCC3)c(Cl)c2)C(N)C(=O)NC2CC2)c(O)cc1O. The van der Waals surface area contributed by atoms with Gasteiger partial charge in [-0.2, -0.15) is 0 Å². The Balaban J connectivity index is 1.68. The second kappa shape index (κ2) is 11.0. The van der Waals surface area contributed by atoms with E-state index in [9.17, 15) is 15.0 Å². The Morgan fingerprint density at radius 1 is 1.22 bits per heavy atom. The predicted octanol–water partition coefficient (Wildman–Crippen LogP) is 3.10. The van der Waals surface area contributed by atoms with E-state index in [0.29, 0.717) is 36.0 Å². The number of amides is 1. The van der Waals surface area contributed by atoms with Crippen LogP contribution < -0.4 is 16.0 Å². The highest BCUT2D eigenvalue weighted by atomic mass is 35.5. The summed E-state index contributed by atoms with van der Waals surface area (Å²) in [6.45, 7) is 7.46. The van der Waals surface area contributed by atoms with Crippen LogP contribution in [-0.4, -0.2) is 65.4 Å². The lowest BCUT2D eigenvalue weighted by Crippen LogP contribution is -2.55. The van der Waals surface area contributed by atoms with Crippen LogP contribution in [0, 0.1) is 5.41 Å². The number of rotatable bonds is 8. The molecule has 1 amide bonds. The highest BCUT2D eigenvalue weighted by Crippen LogP contribution is 2.35. The van der Waals surface area contributed by atoms with E-state index in [4.69, 9.17) is 27.5 Å². The van der Waals surface area contributed by atoms with Crippen LogP contribution in [0.25, 0.3) is 0 Å². The lowest BCUT2D eigenvalue weighted by atomic mass is 9.98. The number of nitrogens with one attached hydrogen (secondary N) is 2. The number of benzene rings is 2. The van der Waals surface area contributed by atoms with Crippen molar-refractivity contribution < 1.29 is 19.7 Å². The van der Waals surface area contributed by atoms with Crippen molar-refractivity contribution in [2.45, 2.75) is 51.4 Å². The summed E-state index contributed by atoms with van der Waals surface area (Å²) in [6.07, 6.45) is 0.568. The number of carbonyl (C=O) groups is 1. The number of ether oxygens (including phenoxy) is 1. The summed E-state index contributed by atoms with van der Waals surface area (Å²) >= 11 is 6.66. The van der Waals surface area contributed by atoms with Crippen LogP contribution in [0.2, 0.25) is 5.02 Å². The van der Waals surface area contributed by atoms with E-state index in [2.05, 4.69) is 10.2 Å². The van der Waals surface area contributed by atoms with E-state index in [1.54, 1.807) is 18.2 Å². The molecule has 9 nitrogen and oxygen atoms in total. The fourth-order valence-corrected chi connectivity index (χ4v) is 4.49. The summed E-state index contributed by atoms with van der Waals surface area (Å²) in [5.41, 5.74) is 8.49. The molecule has 0 spiro atoms. The van der Waals surface area contributed by atoms with Crippen LogP contribution in [0.5, 0.6) is 11.5 Å². The maximum Gasteiger partial charge on any atom is 0.258 e. The number of amidine groups is 1. The topological polar surface area (TPSA) is 135 Å². The van der Waals surface area contributed by atoms with Crippen molar-refractivity contribution in [3.8, 4) is 11.5 Å². The van der Waals surface area contributed by atoms with Gasteiger partial charge in [0.15, 0.2) is 6.17 Å². The van der Waals surface area contributed by atoms with Crippen LogP contribution in [0.1, 0.15) is 49.3 Å². The predicted molar refractivity (Wildman–Crippen MR) is 140 cm³/mol. The number of phenols is 2. The van der Waals surface area contributed by atoms with Crippen LogP contribution in [0.3, 0.4) is 0 Å². The maximum atomic E-state index is 12.9. The molecule has 6 N–H and O–H groups in total. The third-order valence-corrected chi connectivity index (χ3v) is 6.90. The van der Waals surface area contributed by atoms with E-state index >= 15 is 0 Å². The molecule has 2 aliphatic rings. The monoisotopic (exact) mass is 515 g/mol. The number of anilines is 1. The van der Waals surface area contributed by atoms with Gasteiger partial charge in [0.2, 0.25) is 0 Å². The molecule has 0 bridgehead atoms. The summed E-state index contributed by atoms with van der Waals surface area (Å²) < 4.78 is 5.41. The average Bonchev–Trinajstić information content (AvgIpc) is 3.65. The summed E-state index contributed by atoms with van der Waals surface area (Å²) in [5, 5.41) is 33.2. The maximum absolute atomic E-state index is 12.9. The van der Waals surface area contributed by atoms with E-state index < -0.39 is 12.1 Å². The summed E-state index contributed by atoms with van der Waals surface area (Å²) in [5.74, 6) is -0.983.